The van der Waals surface area contributed by atoms with Crippen LogP contribution in [0, 0.1) is 5.92 Å². The number of nitrogens with one attached hydrogen (secondary N) is 1. The Balaban J connectivity index is 0.000000318. The van der Waals surface area contributed by atoms with Gasteiger partial charge in [-0.3, -0.25) is 4.39 Å². The van der Waals surface area contributed by atoms with E-state index in [1.165, 1.54) is 17.6 Å². The number of rotatable bonds is 5. The highest BCUT2D eigenvalue weighted by Gasteiger charge is 2.14. The second-order valence-electron chi connectivity index (χ2n) is 7.57. The molecule has 0 bridgehead atoms. The fourth-order valence-electron chi connectivity index (χ4n) is 3.33. The molecule has 1 aromatic rings. The van der Waals surface area contributed by atoms with Crippen LogP contribution >= 0.6 is 0 Å². The lowest BCUT2D eigenvalue weighted by Crippen LogP contribution is -2.11. The monoisotopic (exact) mass is 414 g/mol. The van der Waals surface area contributed by atoms with E-state index in [0.29, 0.717) is 7.18 Å². The van der Waals surface area contributed by atoms with Crippen molar-refractivity contribution in [3.05, 3.63) is 89.8 Å². The van der Waals surface area contributed by atoms with E-state index < -0.39 is 6.17 Å². The highest BCUT2D eigenvalue weighted by Crippen LogP contribution is 2.32. The third kappa shape index (κ3) is 8.50. The van der Waals surface area contributed by atoms with Crippen molar-refractivity contribution in [1.29, 1.82) is 0 Å². The lowest BCUT2D eigenvalue weighted by molar-refractivity contribution is 0.374. The SMILES string of the molecule is C=C1C=CC(C(=C)C)=CN1.CC(F)c1ccc(C2=CCC(CCN)CC2)cc1.CF. The summed E-state index contributed by atoms with van der Waals surface area (Å²) < 4.78 is 22.6. The quantitative estimate of drug-likeness (QED) is 0.547. The molecule has 3 rings (SSSR count). The van der Waals surface area contributed by atoms with Crippen LogP contribution in [-0.4, -0.2) is 13.7 Å². The molecule has 0 spiro atoms. The molecule has 1 aromatic carbocycles. The first-order chi connectivity index (χ1) is 14.4. The summed E-state index contributed by atoms with van der Waals surface area (Å²) in [5.74, 6) is 0.754. The Hall–Kier alpha value is -2.46. The van der Waals surface area contributed by atoms with Crippen LogP contribution in [-0.2, 0) is 0 Å². The minimum absolute atomic E-state index is 0.500. The summed E-state index contributed by atoms with van der Waals surface area (Å²) in [6, 6.07) is 7.88. The van der Waals surface area contributed by atoms with Gasteiger partial charge in [0.15, 0.2) is 0 Å². The van der Waals surface area contributed by atoms with E-state index in [2.05, 4.69) is 24.6 Å². The summed E-state index contributed by atoms with van der Waals surface area (Å²) in [4.78, 5) is 0. The molecule has 0 amide bonds. The first kappa shape index (κ1) is 25.6. The zero-order valence-electron chi connectivity index (χ0n) is 18.6. The number of allylic oxidation sites excluding steroid dienone is 6. The summed E-state index contributed by atoms with van der Waals surface area (Å²) in [6.45, 7) is 11.9. The van der Waals surface area contributed by atoms with Gasteiger partial charge in [0.2, 0.25) is 0 Å². The topological polar surface area (TPSA) is 38.0 Å². The van der Waals surface area contributed by atoms with Crippen molar-refractivity contribution in [2.45, 2.75) is 45.7 Å². The van der Waals surface area contributed by atoms with Crippen LogP contribution in [0.25, 0.3) is 5.57 Å². The fraction of sp³-hybridized carbons (Fsp3) is 0.385. The Labute approximate surface area is 181 Å². The maximum absolute atomic E-state index is 13.1. The van der Waals surface area contributed by atoms with Gasteiger partial charge in [-0.2, -0.15) is 0 Å². The molecule has 2 atom stereocenters. The second-order valence-corrected chi connectivity index (χ2v) is 7.57. The van der Waals surface area contributed by atoms with Crippen molar-refractivity contribution in [3.63, 3.8) is 0 Å². The number of dihydropyridines is 1. The van der Waals surface area contributed by atoms with Gasteiger partial charge in [0.25, 0.3) is 0 Å². The summed E-state index contributed by atoms with van der Waals surface area (Å²) >= 11 is 0. The molecule has 1 aliphatic carbocycles. The molecule has 3 N–H and O–H groups in total. The van der Waals surface area contributed by atoms with E-state index in [1.54, 1.807) is 6.92 Å². The molecule has 2 aliphatic rings. The van der Waals surface area contributed by atoms with Crippen molar-refractivity contribution < 1.29 is 8.78 Å². The maximum atomic E-state index is 13.1. The molecule has 0 aromatic heterocycles. The van der Waals surface area contributed by atoms with Crippen LogP contribution in [0.1, 0.15) is 56.8 Å². The molecule has 0 saturated carbocycles. The Morgan fingerprint density at radius 1 is 1.23 bits per heavy atom. The highest BCUT2D eigenvalue weighted by atomic mass is 19.1. The third-order valence-corrected chi connectivity index (χ3v) is 5.21. The minimum Gasteiger partial charge on any atom is -0.362 e. The smallest absolute Gasteiger partial charge is 0.122 e. The van der Waals surface area contributed by atoms with E-state index in [-0.39, 0.29) is 0 Å². The van der Waals surface area contributed by atoms with Gasteiger partial charge in [-0.25, -0.2) is 4.39 Å². The number of nitrogens with two attached hydrogens (primary N) is 1. The first-order valence-electron chi connectivity index (χ1n) is 10.4. The Morgan fingerprint density at radius 3 is 2.33 bits per heavy atom. The lowest BCUT2D eigenvalue weighted by atomic mass is 9.85. The van der Waals surface area contributed by atoms with Crippen LogP contribution in [0.15, 0.2) is 78.7 Å². The van der Waals surface area contributed by atoms with Gasteiger partial charge in [-0.1, -0.05) is 49.6 Å². The van der Waals surface area contributed by atoms with E-state index in [1.807, 2.05) is 49.5 Å². The van der Waals surface area contributed by atoms with Crippen molar-refractivity contribution in [2.24, 2.45) is 11.7 Å². The van der Waals surface area contributed by atoms with Crippen LogP contribution in [0.2, 0.25) is 0 Å². The standard InChI is InChI=1S/C16H22FN.C9H11N.CH3F/c1-12(17)14-6-8-16(9-7-14)15-4-2-13(3-5-15)10-11-18;1-7(2)9-5-4-8(3)10-6-9;1-2/h4,6-9,12-13H,2-3,5,10-11,18H2,1H3;4-6,10H,1,3H2,2H3;1H3. The average molecular weight is 415 g/mol. The number of halogens is 2. The molecule has 1 heterocycles. The number of hydrogen-bond acceptors (Lipinski definition) is 2. The van der Waals surface area contributed by atoms with E-state index in [0.717, 1.165) is 54.1 Å². The van der Waals surface area contributed by atoms with Gasteiger partial charge >= 0.3 is 0 Å². The largest absolute Gasteiger partial charge is 0.362 e. The van der Waals surface area contributed by atoms with E-state index in [4.69, 9.17) is 5.73 Å². The van der Waals surface area contributed by atoms with Gasteiger partial charge in [0, 0.05) is 11.9 Å². The molecular weight excluding hydrogens is 378 g/mol. The van der Waals surface area contributed by atoms with Crippen LogP contribution in [0.4, 0.5) is 8.78 Å². The van der Waals surface area contributed by atoms with Gasteiger partial charge in [0.05, 0.1) is 7.18 Å². The molecule has 0 fully saturated rings. The highest BCUT2D eigenvalue weighted by molar-refractivity contribution is 5.66. The Kier molecular flexibility index (Phi) is 11.7. The molecule has 1 aliphatic heterocycles. The minimum atomic E-state index is -0.881. The predicted molar refractivity (Wildman–Crippen MR) is 126 cm³/mol. The number of benzene rings is 1. The summed E-state index contributed by atoms with van der Waals surface area (Å²) in [6.07, 6.45) is 11.9. The van der Waals surface area contributed by atoms with Crippen LogP contribution in [0.3, 0.4) is 0 Å². The third-order valence-electron chi connectivity index (χ3n) is 5.21. The normalized spacial score (nSPS) is 18.5. The summed E-state index contributed by atoms with van der Waals surface area (Å²) in [7, 11) is 0.500. The zero-order valence-corrected chi connectivity index (χ0v) is 18.6. The van der Waals surface area contributed by atoms with Crippen LogP contribution < -0.4 is 11.1 Å². The Bertz CT molecular complexity index is 771. The van der Waals surface area contributed by atoms with Crippen molar-refractivity contribution in [2.75, 3.05) is 13.7 Å². The molecule has 0 saturated heterocycles. The van der Waals surface area contributed by atoms with Crippen molar-refractivity contribution in [3.8, 4) is 0 Å². The van der Waals surface area contributed by atoms with Gasteiger partial charge in [0.1, 0.15) is 6.17 Å². The maximum Gasteiger partial charge on any atom is 0.122 e. The molecule has 30 heavy (non-hydrogen) atoms. The molecule has 4 heteroatoms. The Morgan fingerprint density at radius 2 is 1.90 bits per heavy atom. The van der Waals surface area contributed by atoms with E-state index >= 15 is 0 Å². The number of alkyl halides is 2. The number of hydrogen-bond donors (Lipinski definition) is 2. The summed E-state index contributed by atoms with van der Waals surface area (Å²) in [5.41, 5.74) is 12.1. The van der Waals surface area contributed by atoms with Gasteiger partial charge in [-0.15, -0.1) is 0 Å². The van der Waals surface area contributed by atoms with E-state index in [9.17, 15) is 8.78 Å². The molecule has 2 nitrogen and oxygen atoms in total. The average Bonchev–Trinajstić information content (AvgIpc) is 2.77. The van der Waals surface area contributed by atoms with Crippen molar-refractivity contribution >= 4 is 5.57 Å². The lowest BCUT2D eigenvalue weighted by Gasteiger charge is -2.21. The molecule has 164 valence electrons. The molecule has 0 radical (unpaired) electrons. The second kappa shape index (κ2) is 13.7. The van der Waals surface area contributed by atoms with Crippen molar-refractivity contribution in [1.82, 2.24) is 5.32 Å². The molecule has 2 unspecified atom stereocenters. The first-order valence-corrected chi connectivity index (χ1v) is 10.4. The predicted octanol–water partition coefficient (Wildman–Crippen LogP) is 6.95. The fourth-order valence-corrected chi connectivity index (χ4v) is 3.33. The van der Waals surface area contributed by atoms with Gasteiger partial charge in [-0.05, 0) is 85.9 Å². The van der Waals surface area contributed by atoms with Gasteiger partial charge < -0.3 is 11.1 Å². The molecular formula is C26H36F2N2. The van der Waals surface area contributed by atoms with Crippen LogP contribution in [0.5, 0.6) is 0 Å². The zero-order chi connectivity index (χ0) is 22.5. The summed E-state index contributed by atoms with van der Waals surface area (Å²) in [5, 5.41) is 3.01.